The third-order valence-electron chi connectivity index (χ3n) is 2.13. The third-order valence-corrected chi connectivity index (χ3v) is 5.05. The first-order valence-corrected chi connectivity index (χ1v) is 7.47. The van der Waals surface area contributed by atoms with Crippen LogP contribution in [0.1, 0.15) is 33.1 Å². The average molecular weight is 250 g/mol. The minimum atomic E-state index is -2.61. The van der Waals surface area contributed by atoms with Gasteiger partial charge in [0.25, 0.3) is 0 Å². The van der Waals surface area contributed by atoms with Crippen molar-refractivity contribution in [3.63, 3.8) is 0 Å². The predicted molar refractivity (Wildman–Crippen MR) is 61.8 cm³/mol. The summed E-state index contributed by atoms with van der Waals surface area (Å²) in [6.07, 6.45) is 2.08. The number of carbonyl (C=O) groups is 1. The molecule has 0 amide bonds. The minimum absolute atomic E-state index is 0.0905. The number of carbonyl (C=O) groups excluding carboxylic acids is 1. The van der Waals surface area contributed by atoms with E-state index in [9.17, 15) is 4.79 Å². The van der Waals surface area contributed by atoms with Gasteiger partial charge in [0.1, 0.15) is 0 Å². The first kappa shape index (κ1) is 15.6. The summed E-state index contributed by atoms with van der Waals surface area (Å²) < 4.78 is 20.9. The SMILES string of the molecule is CCCC(=O)OCO[Si](CCC)(OC)OC. The van der Waals surface area contributed by atoms with E-state index in [1.54, 1.807) is 14.2 Å². The summed E-state index contributed by atoms with van der Waals surface area (Å²) in [7, 11) is 0.499. The summed E-state index contributed by atoms with van der Waals surface area (Å²) >= 11 is 0. The van der Waals surface area contributed by atoms with Gasteiger partial charge in [0.15, 0.2) is 6.79 Å². The monoisotopic (exact) mass is 250 g/mol. The zero-order chi connectivity index (χ0) is 12.4. The maximum Gasteiger partial charge on any atom is 0.502 e. The molecule has 96 valence electrons. The molecule has 0 unspecified atom stereocenters. The standard InChI is InChI=1S/C10H22O5Si/c1-5-7-10(11)14-9-15-16(12-3,13-4)8-6-2/h5-9H2,1-4H3. The van der Waals surface area contributed by atoms with E-state index in [0.717, 1.165) is 12.8 Å². The molecule has 0 aromatic heterocycles. The van der Waals surface area contributed by atoms with E-state index in [1.165, 1.54) is 0 Å². The summed E-state index contributed by atoms with van der Waals surface area (Å²) in [5, 5.41) is 0. The second-order valence-electron chi connectivity index (χ2n) is 3.37. The van der Waals surface area contributed by atoms with Crippen LogP contribution in [0.3, 0.4) is 0 Å². The van der Waals surface area contributed by atoms with Crippen molar-refractivity contribution in [3.8, 4) is 0 Å². The summed E-state index contributed by atoms with van der Waals surface area (Å²) in [5.41, 5.74) is 0. The Bertz CT molecular complexity index is 194. The molecular weight excluding hydrogens is 228 g/mol. The van der Waals surface area contributed by atoms with Crippen molar-refractivity contribution in [2.75, 3.05) is 21.0 Å². The van der Waals surface area contributed by atoms with Crippen LogP contribution in [-0.2, 0) is 22.8 Å². The Balaban J connectivity index is 3.97. The van der Waals surface area contributed by atoms with Crippen molar-refractivity contribution in [1.82, 2.24) is 0 Å². The van der Waals surface area contributed by atoms with E-state index in [-0.39, 0.29) is 12.8 Å². The van der Waals surface area contributed by atoms with Crippen molar-refractivity contribution in [2.45, 2.75) is 39.2 Å². The lowest BCUT2D eigenvalue weighted by molar-refractivity contribution is -0.152. The van der Waals surface area contributed by atoms with Crippen LogP contribution < -0.4 is 0 Å². The second kappa shape index (κ2) is 8.69. The number of ether oxygens (including phenoxy) is 1. The Hall–Kier alpha value is -0.433. The normalized spacial score (nSPS) is 11.5. The molecule has 0 saturated heterocycles. The zero-order valence-corrected chi connectivity index (χ0v) is 11.6. The summed E-state index contributed by atoms with van der Waals surface area (Å²) in [5.74, 6) is -0.255. The van der Waals surface area contributed by atoms with Crippen molar-refractivity contribution in [3.05, 3.63) is 0 Å². The molecule has 0 rings (SSSR count). The molecule has 0 N–H and O–H groups in total. The van der Waals surface area contributed by atoms with Crippen LogP contribution in [0.4, 0.5) is 0 Å². The Morgan fingerprint density at radius 3 is 2.19 bits per heavy atom. The Morgan fingerprint density at radius 1 is 1.12 bits per heavy atom. The van der Waals surface area contributed by atoms with Crippen LogP contribution >= 0.6 is 0 Å². The molecule has 0 aromatic carbocycles. The van der Waals surface area contributed by atoms with Crippen molar-refractivity contribution < 1.29 is 22.8 Å². The van der Waals surface area contributed by atoms with E-state index in [2.05, 4.69) is 0 Å². The predicted octanol–water partition coefficient (Wildman–Crippen LogP) is 1.95. The minimum Gasteiger partial charge on any atom is -0.439 e. The van der Waals surface area contributed by atoms with E-state index in [1.807, 2.05) is 13.8 Å². The molecule has 0 atom stereocenters. The Morgan fingerprint density at radius 2 is 1.75 bits per heavy atom. The molecule has 0 aliphatic rings. The van der Waals surface area contributed by atoms with Gasteiger partial charge in [0.05, 0.1) is 0 Å². The van der Waals surface area contributed by atoms with E-state index in [4.69, 9.17) is 18.0 Å². The molecule has 0 radical (unpaired) electrons. The molecule has 5 nitrogen and oxygen atoms in total. The van der Waals surface area contributed by atoms with Gasteiger partial charge in [0.2, 0.25) is 0 Å². The molecule has 0 fully saturated rings. The van der Waals surface area contributed by atoms with Crippen LogP contribution in [0.5, 0.6) is 0 Å². The van der Waals surface area contributed by atoms with Crippen LogP contribution in [0, 0.1) is 0 Å². The molecule has 0 aliphatic carbocycles. The van der Waals surface area contributed by atoms with Gasteiger partial charge >= 0.3 is 14.8 Å². The highest BCUT2D eigenvalue weighted by Gasteiger charge is 2.38. The maximum absolute atomic E-state index is 11.1. The lowest BCUT2D eigenvalue weighted by atomic mass is 10.3. The number of hydrogen-bond donors (Lipinski definition) is 0. The van der Waals surface area contributed by atoms with Crippen molar-refractivity contribution in [1.29, 1.82) is 0 Å². The highest BCUT2D eigenvalue weighted by molar-refractivity contribution is 6.60. The molecule has 0 bridgehead atoms. The fourth-order valence-corrected chi connectivity index (χ4v) is 3.05. The summed E-state index contributed by atoms with van der Waals surface area (Å²) in [6, 6.07) is 0.714. The third kappa shape index (κ3) is 5.60. The lowest BCUT2D eigenvalue weighted by Gasteiger charge is -2.25. The largest absolute Gasteiger partial charge is 0.502 e. The molecule has 0 heterocycles. The Kier molecular flexibility index (Phi) is 8.45. The van der Waals surface area contributed by atoms with Crippen LogP contribution in [-0.4, -0.2) is 35.8 Å². The van der Waals surface area contributed by atoms with E-state index in [0.29, 0.717) is 12.5 Å². The fourth-order valence-electron chi connectivity index (χ4n) is 1.24. The Labute approximate surface area is 98.4 Å². The number of esters is 1. The highest BCUT2D eigenvalue weighted by atomic mass is 28.4. The van der Waals surface area contributed by atoms with E-state index < -0.39 is 8.80 Å². The lowest BCUT2D eigenvalue weighted by Crippen LogP contribution is -2.44. The summed E-state index contributed by atoms with van der Waals surface area (Å²) in [4.78, 5) is 11.1. The van der Waals surface area contributed by atoms with Gasteiger partial charge in [-0.1, -0.05) is 20.3 Å². The first-order valence-electron chi connectivity index (χ1n) is 5.54. The van der Waals surface area contributed by atoms with Crippen molar-refractivity contribution >= 4 is 14.8 Å². The molecule has 0 saturated carbocycles. The van der Waals surface area contributed by atoms with Gasteiger partial charge in [-0.3, -0.25) is 4.79 Å². The fraction of sp³-hybridized carbons (Fsp3) is 0.900. The van der Waals surface area contributed by atoms with E-state index >= 15 is 0 Å². The molecule has 6 heteroatoms. The van der Waals surface area contributed by atoms with Gasteiger partial charge in [0, 0.05) is 26.7 Å². The number of rotatable bonds is 9. The molecule has 16 heavy (non-hydrogen) atoms. The van der Waals surface area contributed by atoms with Gasteiger partial charge in [-0.15, -0.1) is 0 Å². The van der Waals surface area contributed by atoms with Gasteiger partial charge in [-0.05, 0) is 6.42 Å². The van der Waals surface area contributed by atoms with Crippen LogP contribution in [0.25, 0.3) is 0 Å². The molecular formula is C10H22O5Si. The van der Waals surface area contributed by atoms with Gasteiger partial charge in [-0.25, -0.2) is 0 Å². The van der Waals surface area contributed by atoms with Crippen molar-refractivity contribution in [2.24, 2.45) is 0 Å². The second-order valence-corrected chi connectivity index (χ2v) is 6.34. The van der Waals surface area contributed by atoms with Gasteiger partial charge < -0.3 is 18.0 Å². The number of hydrogen-bond acceptors (Lipinski definition) is 5. The zero-order valence-electron chi connectivity index (χ0n) is 10.6. The smallest absolute Gasteiger partial charge is 0.439 e. The molecule has 0 aromatic rings. The molecule has 0 spiro atoms. The highest BCUT2D eigenvalue weighted by Crippen LogP contribution is 2.15. The summed E-state index contributed by atoms with van der Waals surface area (Å²) in [6.45, 7) is 3.85. The van der Waals surface area contributed by atoms with Crippen LogP contribution in [0.2, 0.25) is 6.04 Å². The van der Waals surface area contributed by atoms with Crippen LogP contribution in [0.15, 0.2) is 0 Å². The quantitative estimate of drug-likeness (QED) is 0.355. The molecule has 0 aliphatic heterocycles. The topological polar surface area (TPSA) is 54.0 Å². The maximum atomic E-state index is 11.1. The van der Waals surface area contributed by atoms with Gasteiger partial charge in [-0.2, -0.15) is 0 Å². The average Bonchev–Trinajstić information content (AvgIpc) is 2.28. The first-order chi connectivity index (χ1) is 7.64.